The van der Waals surface area contributed by atoms with E-state index in [1.807, 2.05) is 54.6 Å². The highest BCUT2D eigenvalue weighted by Gasteiger charge is 2.11. The SMILES string of the molecule is N[C@@H](CCO)c1ccccc1OCc1ccccc1. The van der Waals surface area contributed by atoms with Gasteiger partial charge in [-0.3, -0.25) is 0 Å². The van der Waals surface area contributed by atoms with E-state index in [1.54, 1.807) is 0 Å². The first-order chi connectivity index (χ1) is 9.31. The fourth-order valence-electron chi connectivity index (χ4n) is 1.95. The number of hydrogen-bond acceptors (Lipinski definition) is 3. The standard InChI is InChI=1S/C16H19NO2/c17-15(10-11-18)14-8-4-5-9-16(14)19-12-13-6-2-1-3-7-13/h1-9,15,18H,10-12,17H2/t15-/m0/s1. The van der Waals surface area contributed by atoms with Gasteiger partial charge in [0.2, 0.25) is 0 Å². The van der Waals surface area contributed by atoms with Crippen LogP contribution in [0.15, 0.2) is 54.6 Å². The van der Waals surface area contributed by atoms with Gasteiger partial charge in [-0.2, -0.15) is 0 Å². The maximum absolute atomic E-state index is 8.98. The van der Waals surface area contributed by atoms with Crippen molar-refractivity contribution in [1.82, 2.24) is 0 Å². The van der Waals surface area contributed by atoms with Gasteiger partial charge in [-0.05, 0) is 18.1 Å². The second-order valence-corrected chi connectivity index (χ2v) is 4.43. The van der Waals surface area contributed by atoms with Crippen LogP contribution >= 0.6 is 0 Å². The Morgan fingerprint density at radius 3 is 2.42 bits per heavy atom. The van der Waals surface area contributed by atoms with Gasteiger partial charge in [-0.15, -0.1) is 0 Å². The van der Waals surface area contributed by atoms with Crippen LogP contribution in [0.2, 0.25) is 0 Å². The second-order valence-electron chi connectivity index (χ2n) is 4.43. The summed E-state index contributed by atoms with van der Waals surface area (Å²) in [6.07, 6.45) is 0.533. The second kappa shape index (κ2) is 6.92. The van der Waals surface area contributed by atoms with Crippen molar-refractivity contribution in [3.8, 4) is 5.75 Å². The molecule has 2 aromatic carbocycles. The molecular formula is C16H19NO2. The van der Waals surface area contributed by atoms with Gasteiger partial charge in [0.15, 0.2) is 0 Å². The highest BCUT2D eigenvalue weighted by molar-refractivity contribution is 5.36. The Morgan fingerprint density at radius 2 is 1.68 bits per heavy atom. The van der Waals surface area contributed by atoms with Gasteiger partial charge in [0, 0.05) is 18.2 Å². The van der Waals surface area contributed by atoms with E-state index in [-0.39, 0.29) is 12.6 Å². The van der Waals surface area contributed by atoms with E-state index in [0.717, 1.165) is 16.9 Å². The first-order valence-electron chi connectivity index (χ1n) is 6.43. The van der Waals surface area contributed by atoms with Crippen molar-refractivity contribution in [2.45, 2.75) is 19.1 Å². The molecule has 100 valence electrons. The Bertz CT molecular complexity index is 499. The molecule has 3 nitrogen and oxygen atoms in total. The average Bonchev–Trinajstić information content (AvgIpc) is 2.47. The van der Waals surface area contributed by atoms with Crippen LogP contribution in [0.4, 0.5) is 0 Å². The van der Waals surface area contributed by atoms with E-state index in [4.69, 9.17) is 15.6 Å². The van der Waals surface area contributed by atoms with Gasteiger partial charge in [-0.1, -0.05) is 48.5 Å². The van der Waals surface area contributed by atoms with E-state index in [1.165, 1.54) is 0 Å². The molecule has 0 fully saturated rings. The monoisotopic (exact) mass is 257 g/mol. The van der Waals surface area contributed by atoms with Crippen LogP contribution in [0.1, 0.15) is 23.6 Å². The van der Waals surface area contributed by atoms with Crippen molar-refractivity contribution in [3.63, 3.8) is 0 Å². The van der Waals surface area contributed by atoms with Gasteiger partial charge in [0.25, 0.3) is 0 Å². The number of nitrogens with two attached hydrogens (primary N) is 1. The summed E-state index contributed by atoms with van der Waals surface area (Å²) in [5, 5.41) is 8.98. The summed E-state index contributed by atoms with van der Waals surface area (Å²) in [7, 11) is 0. The third-order valence-corrected chi connectivity index (χ3v) is 3.00. The Morgan fingerprint density at radius 1 is 1.00 bits per heavy atom. The maximum atomic E-state index is 8.98. The average molecular weight is 257 g/mol. The van der Waals surface area contributed by atoms with Crippen molar-refractivity contribution in [2.75, 3.05) is 6.61 Å². The van der Waals surface area contributed by atoms with Gasteiger partial charge in [-0.25, -0.2) is 0 Å². The van der Waals surface area contributed by atoms with E-state index in [0.29, 0.717) is 13.0 Å². The van der Waals surface area contributed by atoms with Crippen LogP contribution < -0.4 is 10.5 Å². The Labute approximate surface area is 113 Å². The minimum absolute atomic E-state index is 0.0776. The molecule has 0 aliphatic carbocycles. The zero-order chi connectivity index (χ0) is 13.5. The van der Waals surface area contributed by atoms with Gasteiger partial charge in [0.05, 0.1) is 0 Å². The zero-order valence-electron chi connectivity index (χ0n) is 10.8. The molecule has 19 heavy (non-hydrogen) atoms. The van der Waals surface area contributed by atoms with E-state index in [2.05, 4.69) is 0 Å². The van der Waals surface area contributed by atoms with Crippen LogP contribution in [-0.2, 0) is 6.61 Å². The van der Waals surface area contributed by atoms with Crippen LogP contribution in [0, 0.1) is 0 Å². The molecule has 0 unspecified atom stereocenters. The number of benzene rings is 2. The lowest BCUT2D eigenvalue weighted by Gasteiger charge is -2.16. The summed E-state index contributed by atoms with van der Waals surface area (Å²) in [4.78, 5) is 0. The van der Waals surface area contributed by atoms with Gasteiger partial charge < -0.3 is 15.6 Å². The van der Waals surface area contributed by atoms with E-state index in [9.17, 15) is 0 Å². The van der Waals surface area contributed by atoms with E-state index < -0.39 is 0 Å². The molecule has 0 aliphatic rings. The predicted molar refractivity (Wildman–Crippen MR) is 75.8 cm³/mol. The number of rotatable bonds is 6. The van der Waals surface area contributed by atoms with Crippen LogP contribution in [0.25, 0.3) is 0 Å². The highest BCUT2D eigenvalue weighted by atomic mass is 16.5. The molecule has 2 aromatic rings. The lowest BCUT2D eigenvalue weighted by molar-refractivity contribution is 0.270. The van der Waals surface area contributed by atoms with Crippen LogP contribution in [0.3, 0.4) is 0 Å². The molecule has 3 N–H and O–H groups in total. The first-order valence-corrected chi connectivity index (χ1v) is 6.43. The number of para-hydroxylation sites is 1. The molecular weight excluding hydrogens is 238 g/mol. The maximum Gasteiger partial charge on any atom is 0.124 e. The molecule has 0 spiro atoms. The molecule has 0 aromatic heterocycles. The zero-order valence-corrected chi connectivity index (χ0v) is 10.8. The molecule has 0 radical (unpaired) electrons. The summed E-state index contributed by atoms with van der Waals surface area (Å²) < 4.78 is 5.83. The molecule has 0 aliphatic heterocycles. The molecule has 0 saturated carbocycles. The van der Waals surface area contributed by atoms with Crippen LogP contribution in [-0.4, -0.2) is 11.7 Å². The summed E-state index contributed by atoms with van der Waals surface area (Å²) in [5.74, 6) is 0.785. The number of ether oxygens (including phenoxy) is 1. The fourth-order valence-corrected chi connectivity index (χ4v) is 1.95. The van der Waals surface area contributed by atoms with Crippen molar-refractivity contribution in [1.29, 1.82) is 0 Å². The Hall–Kier alpha value is -1.84. The summed E-state index contributed by atoms with van der Waals surface area (Å²) in [6, 6.07) is 17.5. The minimum Gasteiger partial charge on any atom is -0.489 e. The number of aliphatic hydroxyl groups is 1. The molecule has 0 amide bonds. The lowest BCUT2D eigenvalue weighted by atomic mass is 10.0. The predicted octanol–water partition coefficient (Wildman–Crippen LogP) is 2.65. The van der Waals surface area contributed by atoms with Gasteiger partial charge >= 0.3 is 0 Å². The molecule has 2 rings (SSSR count). The molecule has 0 bridgehead atoms. The van der Waals surface area contributed by atoms with E-state index >= 15 is 0 Å². The van der Waals surface area contributed by atoms with Crippen molar-refractivity contribution in [2.24, 2.45) is 5.73 Å². The molecule has 0 heterocycles. The third-order valence-electron chi connectivity index (χ3n) is 3.00. The minimum atomic E-state index is -0.197. The summed E-state index contributed by atoms with van der Waals surface area (Å²) in [6.45, 7) is 0.595. The normalized spacial score (nSPS) is 12.1. The van der Waals surface area contributed by atoms with Crippen molar-refractivity contribution < 1.29 is 9.84 Å². The Balaban J connectivity index is 2.07. The smallest absolute Gasteiger partial charge is 0.124 e. The summed E-state index contributed by atoms with van der Waals surface area (Å²) >= 11 is 0. The molecule has 3 heteroatoms. The lowest BCUT2D eigenvalue weighted by Crippen LogP contribution is -2.13. The Kier molecular flexibility index (Phi) is 4.95. The topological polar surface area (TPSA) is 55.5 Å². The molecule has 0 saturated heterocycles. The number of hydrogen-bond donors (Lipinski definition) is 2. The van der Waals surface area contributed by atoms with Crippen molar-refractivity contribution in [3.05, 3.63) is 65.7 Å². The first kappa shape index (κ1) is 13.6. The van der Waals surface area contributed by atoms with Crippen molar-refractivity contribution >= 4 is 0 Å². The fraction of sp³-hybridized carbons (Fsp3) is 0.250. The quantitative estimate of drug-likeness (QED) is 0.836. The summed E-state index contributed by atoms with van der Waals surface area (Å²) in [5.41, 5.74) is 8.09. The van der Waals surface area contributed by atoms with Gasteiger partial charge in [0.1, 0.15) is 12.4 Å². The largest absolute Gasteiger partial charge is 0.489 e. The highest BCUT2D eigenvalue weighted by Crippen LogP contribution is 2.26. The molecule has 1 atom stereocenters. The number of aliphatic hydroxyl groups excluding tert-OH is 1. The van der Waals surface area contributed by atoms with Crippen LogP contribution in [0.5, 0.6) is 5.75 Å². The third kappa shape index (κ3) is 3.81.